The molecule has 2 aromatic rings. The van der Waals surface area contributed by atoms with Crippen molar-refractivity contribution >= 4 is 5.65 Å². The zero-order valence-corrected chi connectivity index (χ0v) is 7.93. The van der Waals surface area contributed by atoms with Gasteiger partial charge in [0.15, 0.2) is 0 Å². The van der Waals surface area contributed by atoms with Crippen LogP contribution in [0.4, 0.5) is 0 Å². The first kappa shape index (κ1) is 8.00. The van der Waals surface area contributed by atoms with Gasteiger partial charge in [0, 0.05) is 24.6 Å². The molecule has 2 aromatic heterocycles. The van der Waals surface area contributed by atoms with Gasteiger partial charge in [0.05, 0.1) is 0 Å². The first-order valence-corrected chi connectivity index (χ1v) is 5.03. The van der Waals surface area contributed by atoms with Crippen LogP contribution in [-0.2, 0) is 0 Å². The average molecular weight is 187 g/mol. The Morgan fingerprint density at radius 1 is 1.43 bits per heavy atom. The minimum atomic E-state index is 0.210. The highest BCUT2D eigenvalue weighted by Crippen LogP contribution is 2.39. The fraction of sp³-hybridized carbons (Fsp3) is 0.364. The molecular weight excluding hydrogens is 174 g/mol. The highest BCUT2D eigenvalue weighted by molar-refractivity contribution is 5.40. The van der Waals surface area contributed by atoms with Gasteiger partial charge < -0.3 is 10.1 Å². The van der Waals surface area contributed by atoms with E-state index in [4.69, 9.17) is 5.73 Å². The first-order chi connectivity index (χ1) is 6.84. The third kappa shape index (κ3) is 1.21. The molecule has 1 saturated carbocycles. The van der Waals surface area contributed by atoms with Crippen molar-refractivity contribution in [1.29, 1.82) is 0 Å². The van der Waals surface area contributed by atoms with Crippen molar-refractivity contribution in [2.45, 2.75) is 18.9 Å². The summed E-state index contributed by atoms with van der Waals surface area (Å²) in [4.78, 5) is 4.20. The monoisotopic (exact) mass is 187 g/mol. The van der Waals surface area contributed by atoms with Gasteiger partial charge in [-0.2, -0.15) is 0 Å². The van der Waals surface area contributed by atoms with E-state index >= 15 is 0 Å². The Labute approximate surface area is 82.6 Å². The van der Waals surface area contributed by atoms with E-state index in [1.807, 2.05) is 22.9 Å². The fourth-order valence-electron chi connectivity index (χ4n) is 1.86. The lowest BCUT2D eigenvalue weighted by molar-refractivity contribution is 0.630. The Kier molecular flexibility index (Phi) is 1.61. The summed E-state index contributed by atoms with van der Waals surface area (Å²) >= 11 is 0. The number of nitrogens with two attached hydrogens (primary N) is 1. The van der Waals surface area contributed by atoms with E-state index in [9.17, 15) is 0 Å². The van der Waals surface area contributed by atoms with Gasteiger partial charge in [0.25, 0.3) is 0 Å². The number of fused-ring (bicyclic) bond motifs is 1. The van der Waals surface area contributed by atoms with Crippen LogP contribution in [0.3, 0.4) is 0 Å². The maximum Gasteiger partial charge on any atom is 0.136 e. The lowest BCUT2D eigenvalue weighted by atomic mass is 10.1. The van der Waals surface area contributed by atoms with Crippen LogP contribution < -0.4 is 5.73 Å². The molecule has 1 fully saturated rings. The fourth-order valence-corrected chi connectivity index (χ4v) is 1.86. The topological polar surface area (TPSA) is 43.3 Å². The number of imidazole rings is 1. The van der Waals surface area contributed by atoms with Gasteiger partial charge in [-0.15, -0.1) is 0 Å². The molecule has 3 rings (SSSR count). The summed E-state index contributed by atoms with van der Waals surface area (Å²) in [6, 6.07) is 4.32. The smallest absolute Gasteiger partial charge is 0.136 e. The van der Waals surface area contributed by atoms with Crippen LogP contribution in [-0.4, -0.2) is 9.38 Å². The van der Waals surface area contributed by atoms with Gasteiger partial charge in [0.2, 0.25) is 0 Å². The second-order valence-corrected chi connectivity index (χ2v) is 4.02. The Morgan fingerprint density at radius 3 is 3.07 bits per heavy atom. The first-order valence-electron chi connectivity index (χ1n) is 5.03. The Hall–Kier alpha value is -1.35. The molecule has 0 aromatic carbocycles. The van der Waals surface area contributed by atoms with Crippen molar-refractivity contribution in [3.63, 3.8) is 0 Å². The minimum absolute atomic E-state index is 0.210. The third-order valence-corrected chi connectivity index (χ3v) is 2.93. The molecular formula is C11H13N3. The predicted molar refractivity (Wildman–Crippen MR) is 54.8 cm³/mol. The molecule has 2 heterocycles. The molecule has 0 aliphatic heterocycles. The molecule has 0 unspecified atom stereocenters. The molecule has 0 saturated heterocycles. The van der Waals surface area contributed by atoms with Crippen LogP contribution in [0, 0.1) is 5.92 Å². The van der Waals surface area contributed by atoms with Gasteiger partial charge >= 0.3 is 0 Å². The second-order valence-electron chi connectivity index (χ2n) is 4.02. The summed E-state index contributed by atoms with van der Waals surface area (Å²) in [5, 5.41) is 0. The Morgan fingerprint density at radius 2 is 2.29 bits per heavy atom. The summed E-state index contributed by atoms with van der Waals surface area (Å²) in [5.74, 6) is 0.705. The molecule has 1 aliphatic rings. The quantitative estimate of drug-likeness (QED) is 0.778. The Balaban J connectivity index is 2.03. The number of nitrogens with zero attached hydrogens (tertiary/aromatic N) is 2. The molecule has 0 spiro atoms. The molecule has 0 radical (unpaired) electrons. The van der Waals surface area contributed by atoms with E-state index in [1.165, 1.54) is 18.4 Å². The molecule has 0 bridgehead atoms. The van der Waals surface area contributed by atoms with E-state index in [0.717, 1.165) is 5.65 Å². The highest BCUT2D eigenvalue weighted by atomic mass is 15.0. The van der Waals surface area contributed by atoms with Crippen molar-refractivity contribution in [2.75, 3.05) is 0 Å². The van der Waals surface area contributed by atoms with Crippen LogP contribution in [0.25, 0.3) is 5.65 Å². The van der Waals surface area contributed by atoms with Gasteiger partial charge in [-0.3, -0.25) is 0 Å². The summed E-state index contributed by atoms with van der Waals surface area (Å²) in [6.45, 7) is 0. The predicted octanol–water partition coefficient (Wildman–Crippen LogP) is 1.74. The summed E-state index contributed by atoms with van der Waals surface area (Å²) in [5.41, 5.74) is 8.33. The lowest BCUT2D eigenvalue weighted by Gasteiger charge is -2.10. The summed E-state index contributed by atoms with van der Waals surface area (Å²) in [6.07, 6.45) is 8.41. The minimum Gasteiger partial charge on any atom is -0.324 e. The molecule has 1 aliphatic carbocycles. The maximum absolute atomic E-state index is 6.13. The molecule has 2 N–H and O–H groups in total. The molecule has 0 amide bonds. The van der Waals surface area contributed by atoms with Gasteiger partial charge in [-0.25, -0.2) is 4.98 Å². The van der Waals surface area contributed by atoms with Crippen molar-refractivity contribution in [2.24, 2.45) is 11.7 Å². The van der Waals surface area contributed by atoms with Crippen LogP contribution in [0.2, 0.25) is 0 Å². The zero-order valence-electron chi connectivity index (χ0n) is 7.93. The van der Waals surface area contributed by atoms with Crippen molar-refractivity contribution in [3.05, 3.63) is 36.3 Å². The maximum atomic E-state index is 6.13. The largest absolute Gasteiger partial charge is 0.324 e. The summed E-state index contributed by atoms with van der Waals surface area (Å²) in [7, 11) is 0. The van der Waals surface area contributed by atoms with Gasteiger partial charge in [0.1, 0.15) is 5.65 Å². The summed E-state index contributed by atoms with van der Waals surface area (Å²) < 4.78 is 2.03. The van der Waals surface area contributed by atoms with E-state index in [1.54, 1.807) is 0 Å². The van der Waals surface area contributed by atoms with Crippen LogP contribution in [0.5, 0.6) is 0 Å². The number of rotatable bonds is 2. The van der Waals surface area contributed by atoms with Crippen LogP contribution in [0.15, 0.2) is 30.7 Å². The third-order valence-electron chi connectivity index (χ3n) is 2.93. The number of hydrogen-bond acceptors (Lipinski definition) is 2. The van der Waals surface area contributed by atoms with Crippen LogP contribution >= 0.6 is 0 Å². The molecule has 14 heavy (non-hydrogen) atoms. The van der Waals surface area contributed by atoms with Crippen molar-refractivity contribution in [3.8, 4) is 0 Å². The SMILES string of the molecule is N[C@H](c1ccc2nccn2c1)C1CC1. The van der Waals surface area contributed by atoms with Gasteiger partial charge in [-0.05, 0) is 30.4 Å². The van der Waals surface area contributed by atoms with E-state index in [2.05, 4.69) is 17.2 Å². The number of pyridine rings is 1. The highest BCUT2D eigenvalue weighted by Gasteiger charge is 2.29. The van der Waals surface area contributed by atoms with Crippen LogP contribution in [0.1, 0.15) is 24.4 Å². The van der Waals surface area contributed by atoms with E-state index in [-0.39, 0.29) is 6.04 Å². The zero-order chi connectivity index (χ0) is 9.54. The number of hydrogen-bond donors (Lipinski definition) is 1. The number of aromatic nitrogens is 2. The second kappa shape index (κ2) is 2.82. The standard InChI is InChI=1S/C11H13N3/c12-11(8-1-2-8)9-3-4-10-13-5-6-14(10)7-9/h3-8,11H,1-2,12H2/t11-/m0/s1. The van der Waals surface area contributed by atoms with E-state index < -0.39 is 0 Å². The van der Waals surface area contributed by atoms with E-state index in [0.29, 0.717) is 5.92 Å². The Bertz CT molecular complexity index is 456. The van der Waals surface area contributed by atoms with Crippen molar-refractivity contribution < 1.29 is 0 Å². The molecule has 72 valence electrons. The average Bonchev–Trinajstić information content (AvgIpc) is 2.95. The van der Waals surface area contributed by atoms with Crippen molar-refractivity contribution in [1.82, 2.24) is 9.38 Å². The van der Waals surface area contributed by atoms with Gasteiger partial charge in [-0.1, -0.05) is 6.07 Å². The normalized spacial score (nSPS) is 18.6. The molecule has 1 atom stereocenters. The molecule has 3 heteroatoms. The molecule has 3 nitrogen and oxygen atoms in total. The lowest BCUT2D eigenvalue weighted by Crippen LogP contribution is -2.12.